The Bertz CT molecular complexity index is 142. The SMILES string of the molecule is O=C(O)CCCC1CCCCC1.[Zn+2]. The van der Waals surface area contributed by atoms with E-state index in [4.69, 9.17) is 5.11 Å². The summed E-state index contributed by atoms with van der Waals surface area (Å²) in [5.74, 6) is 0.184. The Balaban J connectivity index is 0.00000144. The van der Waals surface area contributed by atoms with Crippen LogP contribution in [-0.4, -0.2) is 11.1 Å². The van der Waals surface area contributed by atoms with Gasteiger partial charge in [0.2, 0.25) is 0 Å². The minimum atomic E-state index is -0.647. The zero-order valence-corrected chi connectivity index (χ0v) is 11.3. The summed E-state index contributed by atoms with van der Waals surface area (Å²) in [5, 5.41) is 8.44. The molecule has 0 atom stereocenters. The molecule has 0 amide bonds. The van der Waals surface area contributed by atoms with E-state index in [0.717, 1.165) is 18.8 Å². The minimum Gasteiger partial charge on any atom is -0.481 e. The van der Waals surface area contributed by atoms with Gasteiger partial charge in [0.05, 0.1) is 0 Å². The van der Waals surface area contributed by atoms with Crippen molar-refractivity contribution in [1.29, 1.82) is 0 Å². The molecular weight excluding hydrogens is 217 g/mol. The van der Waals surface area contributed by atoms with Gasteiger partial charge in [-0.05, 0) is 18.8 Å². The number of hydrogen-bond acceptors (Lipinski definition) is 1. The van der Waals surface area contributed by atoms with Gasteiger partial charge in [0.1, 0.15) is 0 Å². The Hall–Kier alpha value is 0.0934. The topological polar surface area (TPSA) is 37.3 Å². The second-order valence-corrected chi connectivity index (χ2v) is 3.79. The molecule has 0 spiro atoms. The first-order valence-electron chi connectivity index (χ1n) is 5.01. The van der Waals surface area contributed by atoms with Crippen molar-refractivity contribution < 1.29 is 29.4 Å². The molecule has 1 aliphatic carbocycles. The fraction of sp³-hybridized carbons (Fsp3) is 0.900. The Morgan fingerprint density at radius 1 is 1.23 bits per heavy atom. The van der Waals surface area contributed by atoms with Crippen LogP contribution in [-0.2, 0) is 24.3 Å². The van der Waals surface area contributed by atoms with Crippen molar-refractivity contribution in [2.45, 2.75) is 51.4 Å². The second kappa shape index (κ2) is 7.49. The van der Waals surface area contributed by atoms with E-state index in [9.17, 15) is 4.79 Å². The molecule has 1 saturated carbocycles. The van der Waals surface area contributed by atoms with E-state index >= 15 is 0 Å². The Kier molecular flexibility index (Phi) is 7.55. The summed E-state index contributed by atoms with van der Waals surface area (Å²) in [7, 11) is 0. The van der Waals surface area contributed by atoms with Gasteiger partial charge in [-0.1, -0.05) is 32.1 Å². The molecule has 0 aromatic rings. The first-order chi connectivity index (χ1) is 5.79. The molecule has 0 radical (unpaired) electrons. The summed E-state index contributed by atoms with van der Waals surface area (Å²) in [6, 6.07) is 0. The third-order valence-corrected chi connectivity index (χ3v) is 2.73. The van der Waals surface area contributed by atoms with Gasteiger partial charge in [-0.2, -0.15) is 0 Å². The standard InChI is InChI=1S/C10H18O2.Zn/c11-10(12)8-4-7-9-5-2-1-3-6-9;/h9H,1-8H2,(H,11,12);/q;+2. The number of hydrogen-bond donors (Lipinski definition) is 1. The van der Waals surface area contributed by atoms with Crippen LogP contribution in [0.4, 0.5) is 0 Å². The molecule has 1 rings (SSSR count). The summed E-state index contributed by atoms with van der Waals surface area (Å²) >= 11 is 0. The number of carboxylic acid groups (broad SMARTS) is 1. The van der Waals surface area contributed by atoms with Crippen molar-refractivity contribution in [3.63, 3.8) is 0 Å². The van der Waals surface area contributed by atoms with Crippen LogP contribution in [0, 0.1) is 5.92 Å². The van der Waals surface area contributed by atoms with Crippen LogP contribution in [0.15, 0.2) is 0 Å². The van der Waals surface area contributed by atoms with Gasteiger partial charge in [0.25, 0.3) is 0 Å². The van der Waals surface area contributed by atoms with Gasteiger partial charge in [0.15, 0.2) is 0 Å². The third kappa shape index (κ3) is 6.20. The molecule has 0 aromatic carbocycles. The van der Waals surface area contributed by atoms with Crippen molar-refractivity contribution in [3.8, 4) is 0 Å². The number of aliphatic carboxylic acids is 1. The first-order valence-corrected chi connectivity index (χ1v) is 5.01. The molecule has 13 heavy (non-hydrogen) atoms. The molecule has 1 N–H and O–H groups in total. The summed E-state index contributed by atoms with van der Waals surface area (Å²) in [4.78, 5) is 10.2. The summed E-state index contributed by atoms with van der Waals surface area (Å²) in [6.45, 7) is 0. The van der Waals surface area contributed by atoms with Crippen molar-refractivity contribution in [3.05, 3.63) is 0 Å². The second-order valence-electron chi connectivity index (χ2n) is 3.79. The Morgan fingerprint density at radius 3 is 2.38 bits per heavy atom. The zero-order valence-electron chi connectivity index (χ0n) is 8.30. The molecule has 3 heteroatoms. The van der Waals surface area contributed by atoms with Crippen molar-refractivity contribution in [1.82, 2.24) is 0 Å². The number of rotatable bonds is 4. The summed E-state index contributed by atoms with van der Waals surface area (Å²) < 4.78 is 0. The average molecular weight is 236 g/mol. The van der Waals surface area contributed by atoms with E-state index < -0.39 is 5.97 Å². The first kappa shape index (κ1) is 13.1. The molecule has 0 aromatic heterocycles. The summed E-state index contributed by atoms with van der Waals surface area (Å²) in [6.07, 6.45) is 9.13. The maximum atomic E-state index is 10.2. The van der Waals surface area contributed by atoms with E-state index in [2.05, 4.69) is 0 Å². The predicted molar refractivity (Wildman–Crippen MR) is 48.1 cm³/mol. The normalized spacial score (nSPS) is 17.8. The maximum absolute atomic E-state index is 10.2. The predicted octanol–water partition coefficient (Wildman–Crippen LogP) is 2.82. The largest absolute Gasteiger partial charge is 2.00 e. The molecule has 1 fully saturated rings. The van der Waals surface area contributed by atoms with Gasteiger partial charge in [-0.25, -0.2) is 0 Å². The Morgan fingerprint density at radius 2 is 1.85 bits per heavy atom. The van der Waals surface area contributed by atoms with Crippen LogP contribution in [0.1, 0.15) is 51.4 Å². The third-order valence-electron chi connectivity index (χ3n) is 2.73. The monoisotopic (exact) mass is 234 g/mol. The van der Waals surface area contributed by atoms with Crippen LogP contribution >= 0.6 is 0 Å². The minimum absolute atomic E-state index is 0. The van der Waals surface area contributed by atoms with Crippen LogP contribution in [0.3, 0.4) is 0 Å². The molecule has 0 saturated heterocycles. The van der Waals surface area contributed by atoms with Crippen molar-refractivity contribution in [2.75, 3.05) is 0 Å². The maximum Gasteiger partial charge on any atom is 2.00 e. The zero-order chi connectivity index (χ0) is 8.81. The molecule has 0 heterocycles. The molecule has 0 unspecified atom stereocenters. The van der Waals surface area contributed by atoms with E-state index in [1.54, 1.807) is 0 Å². The van der Waals surface area contributed by atoms with Crippen molar-refractivity contribution >= 4 is 5.97 Å². The van der Waals surface area contributed by atoms with E-state index in [0.29, 0.717) is 6.42 Å². The van der Waals surface area contributed by atoms with E-state index in [1.165, 1.54) is 32.1 Å². The number of carbonyl (C=O) groups is 1. The summed E-state index contributed by atoms with van der Waals surface area (Å²) in [5.41, 5.74) is 0. The van der Waals surface area contributed by atoms with E-state index in [1.807, 2.05) is 0 Å². The Labute approximate surface area is 92.9 Å². The molecule has 1 aliphatic rings. The van der Waals surface area contributed by atoms with Crippen LogP contribution in [0.25, 0.3) is 0 Å². The fourth-order valence-electron chi connectivity index (χ4n) is 2.02. The van der Waals surface area contributed by atoms with Gasteiger partial charge < -0.3 is 5.11 Å². The molecule has 0 aliphatic heterocycles. The average Bonchev–Trinajstić information content (AvgIpc) is 2.05. The van der Waals surface area contributed by atoms with Gasteiger partial charge in [-0.3, -0.25) is 4.79 Å². The van der Waals surface area contributed by atoms with E-state index in [-0.39, 0.29) is 19.5 Å². The van der Waals surface area contributed by atoms with Crippen LogP contribution in [0.2, 0.25) is 0 Å². The van der Waals surface area contributed by atoms with Gasteiger partial charge in [-0.15, -0.1) is 0 Å². The molecule has 0 bridgehead atoms. The smallest absolute Gasteiger partial charge is 0.481 e. The molecular formula is C10H18O2Zn+2. The molecule has 70 valence electrons. The van der Waals surface area contributed by atoms with Gasteiger partial charge in [0, 0.05) is 6.42 Å². The molecule has 2 nitrogen and oxygen atoms in total. The van der Waals surface area contributed by atoms with Crippen molar-refractivity contribution in [2.24, 2.45) is 5.92 Å². The van der Waals surface area contributed by atoms with Gasteiger partial charge >= 0.3 is 25.4 Å². The quantitative estimate of drug-likeness (QED) is 0.761. The van der Waals surface area contributed by atoms with Crippen LogP contribution < -0.4 is 0 Å². The van der Waals surface area contributed by atoms with Crippen LogP contribution in [0.5, 0.6) is 0 Å². The fourth-order valence-corrected chi connectivity index (χ4v) is 2.02. The number of carboxylic acids is 1.